The van der Waals surface area contributed by atoms with Crippen molar-refractivity contribution in [2.75, 3.05) is 17.2 Å². The average Bonchev–Trinajstić information content (AvgIpc) is 2.85. The SMILES string of the molecule is CC(=Cc1ccccc1)COc1cc(C)c(NC=O)c(C)c1C.Cc1cc(O)c(C)c(C)c1NC=O. The molecule has 6 heteroatoms. The Morgan fingerprint density at radius 3 is 1.89 bits per heavy atom. The number of aryl methyl sites for hydroxylation is 2. The lowest BCUT2D eigenvalue weighted by molar-refractivity contribution is -0.106. The van der Waals surface area contributed by atoms with Gasteiger partial charge in [0, 0.05) is 11.4 Å². The van der Waals surface area contributed by atoms with E-state index in [1.54, 1.807) is 6.07 Å². The van der Waals surface area contributed by atoms with Gasteiger partial charge in [0.15, 0.2) is 0 Å². The highest BCUT2D eigenvalue weighted by molar-refractivity contribution is 5.78. The fourth-order valence-corrected chi connectivity index (χ4v) is 3.88. The average molecular weight is 489 g/mol. The highest BCUT2D eigenvalue weighted by Gasteiger charge is 2.11. The van der Waals surface area contributed by atoms with Crippen LogP contribution in [0.1, 0.15) is 45.9 Å². The number of carbonyl (C=O) groups is 2. The molecule has 3 aromatic carbocycles. The van der Waals surface area contributed by atoms with E-state index in [-0.39, 0.29) is 5.75 Å². The van der Waals surface area contributed by atoms with Crippen LogP contribution in [0.4, 0.5) is 11.4 Å². The van der Waals surface area contributed by atoms with Crippen LogP contribution in [0.5, 0.6) is 11.5 Å². The molecule has 0 radical (unpaired) electrons. The Labute approximate surface area is 214 Å². The number of carbonyl (C=O) groups excluding carboxylic acids is 2. The molecule has 2 amide bonds. The van der Waals surface area contributed by atoms with Crippen LogP contribution < -0.4 is 15.4 Å². The molecule has 0 aromatic heterocycles. The van der Waals surface area contributed by atoms with Crippen molar-refractivity contribution in [1.29, 1.82) is 0 Å². The van der Waals surface area contributed by atoms with Crippen molar-refractivity contribution < 1.29 is 19.4 Å². The van der Waals surface area contributed by atoms with Gasteiger partial charge in [-0.2, -0.15) is 0 Å². The second-order valence-corrected chi connectivity index (χ2v) is 8.87. The molecule has 0 aliphatic heterocycles. The monoisotopic (exact) mass is 488 g/mol. The van der Waals surface area contributed by atoms with Crippen LogP contribution in [-0.4, -0.2) is 24.5 Å². The molecule has 3 N–H and O–H groups in total. The van der Waals surface area contributed by atoms with Crippen LogP contribution in [0, 0.1) is 41.5 Å². The molecule has 0 spiro atoms. The van der Waals surface area contributed by atoms with E-state index in [0.717, 1.165) is 56.1 Å². The Hall–Kier alpha value is -4.06. The van der Waals surface area contributed by atoms with Crippen molar-refractivity contribution in [2.24, 2.45) is 0 Å². The minimum absolute atomic E-state index is 0.270. The summed E-state index contributed by atoms with van der Waals surface area (Å²) in [6, 6.07) is 13.8. The zero-order chi connectivity index (χ0) is 26.8. The van der Waals surface area contributed by atoms with Gasteiger partial charge in [0.25, 0.3) is 0 Å². The van der Waals surface area contributed by atoms with Crippen LogP contribution in [-0.2, 0) is 9.59 Å². The molecular formula is C30H36N2O4. The van der Waals surface area contributed by atoms with E-state index in [4.69, 9.17) is 4.74 Å². The van der Waals surface area contributed by atoms with Crippen molar-refractivity contribution in [3.8, 4) is 11.5 Å². The number of phenols is 1. The van der Waals surface area contributed by atoms with Gasteiger partial charge in [0.05, 0.1) is 0 Å². The highest BCUT2D eigenvalue weighted by Crippen LogP contribution is 2.31. The van der Waals surface area contributed by atoms with Crippen molar-refractivity contribution >= 4 is 30.3 Å². The fourth-order valence-electron chi connectivity index (χ4n) is 3.88. The first-order valence-electron chi connectivity index (χ1n) is 11.8. The van der Waals surface area contributed by atoms with Crippen molar-refractivity contribution in [2.45, 2.75) is 48.5 Å². The summed E-state index contributed by atoms with van der Waals surface area (Å²) in [5.41, 5.74) is 9.63. The van der Waals surface area contributed by atoms with Gasteiger partial charge in [-0.25, -0.2) is 0 Å². The van der Waals surface area contributed by atoms with E-state index in [0.29, 0.717) is 19.4 Å². The summed E-state index contributed by atoms with van der Waals surface area (Å²) >= 11 is 0. The minimum Gasteiger partial charge on any atom is -0.508 e. The van der Waals surface area contributed by atoms with E-state index in [1.165, 1.54) is 5.56 Å². The molecule has 0 aliphatic carbocycles. The molecule has 0 aliphatic rings. The first kappa shape index (κ1) is 28.2. The number of benzene rings is 3. The van der Waals surface area contributed by atoms with Gasteiger partial charge >= 0.3 is 0 Å². The number of ether oxygens (including phenoxy) is 1. The van der Waals surface area contributed by atoms with E-state index >= 15 is 0 Å². The quantitative estimate of drug-likeness (QED) is 0.248. The summed E-state index contributed by atoms with van der Waals surface area (Å²) < 4.78 is 5.98. The van der Waals surface area contributed by atoms with Gasteiger partial charge in [-0.1, -0.05) is 36.4 Å². The topological polar surface area (TPSA) is 87.7 Å². The second-order valence-electron chi connectivity index (χ2n) is 8.87. The Morgan fingerprint density at radius 2 is 1.33 bits per heavy atom. The molecule has 190 valence electrons. The van der Waals surface area contributed by atoms with Gasteiger partial charge in [-0.15, -0.1) is 0 Å². The molecule has 0 bridgehead atoms. The van der Waals surface area contributed by atoms with Gasteiger partial charge < -0.3 is 20.5 Å². The molecule has 0 saturated heterocycles. The number of hydrogen-bond acceptors (Lipinski definition) is 4. The largest absolute Gasteiger partial charge is 0.508 e. The lowest BCUT2D eigenvalue weighted by Gasteiger charge is -2.16. The Balaban J connectivity index is 0.000000297. The summed E-state index contributed by atoms with van der Waals surface area (Å²) in [7, 11) is 0. The van der Waals surface area contributed by atoms with Gasteiger partial charge in [0.2, 0.25) is 12.8 Å². The lowest BCUT2D eigenvalue weighted by Crippen LogP contribution is -2.05. The van der Waals surface area contributed by atoms with Crippen LogP contribution in [0.2, 0.25) is 0 Å². The van der Waals surface area contributed by atoms with E-state index in [9.17, 15) is 14.7 Å². The maximum Gasteiger partial charge on any atom is 0.211 e. The van der Waals surface area contributed by atoms with E-state index in [1.807, 2.05) is 65.8 Å². The van der Waals surface area contributed by atoms with Crippen LogP contribution in [0.25, 0.3) is 6.08 Å². The van der Waals surface area contributed by atoms with E-state index < -0.39 is 0 Å². The lowest BCUT2D eigenvalue weighted by atomic mass is 10.0. The Morgan fingerprint density at radius 1 is 0.806 bits per heavy atom. The van der Waals surface area contributed by atoms with Crippen molar-refractivity contribution in [1.82, 2.24) is 0 Å². The minimum atomic E-state index is 0.270. The first-order chi connectivity index (χ1) is 17.1. The van der Waals surface area contributed by atoms with Crippen molar-refractivity contribution in [3.05, 3.63) is 87.0 Å². The molecular weight excluding hydrogens is 452 g/mol. The predicted molar refractivity (Wildman–Crippen MR) is 148 cm³/mol. The number of anilines is 2. The summed E-state index contributed by atoms with van der Waals surface area (Å²) in [6.45, 7) is 14.1. The van der Waals surface area contributed by atoms with Gasteiger partial charge in [-0.05, 0) is 105 Å². The molecule has 0 atom stereocenters. The van der Waals surface area contributed by atoms with Gasteiger partial charge in [0.1, 0.15) is 18.1 Å². The summed E-state index contributed by atoms with van der Waals surface area (Å²) in [5, 5.41) is 14.8. The normalized spacial score (nSPS) is 10.7. The number of phenolic OH excluding ortho intramolecular Hbond substituents is 1. The molecule has 3 aromatic rings. The number of nitrogens with one attached hydrogen (secondary N) is 2. The molecule has 6 nitrogen and oxygen atoms in total. The zero-order valence-electron chi connectivity index (χ0n) is 22.2. The Kier molecular flexibility index (Phi) is 10.3. The number of amides is 2. The molecule has 0 heterocycles. The van der Waals surface area contributed by atoms with Crippen molar-refractivity contribution in [3.63, 3.8) is 0 Å². The summed E-state index contributed by atoms with van der Waals surface area (Å²) in [4.78, 5) is 21.0. The van der Waals surface area contributed by atoms with E-state index in [2.05, 4.69) is 35.8 Å². The summed E-state index contributed by atoms with van der Waals surface area (Å²) in [6.07, 6.45) is 3.48. The third-order valence-corrected chi connectivity index (χ3v) is 6.19. The molecule has 0 saturated carbocycles. The van der Waals surface area contributed by atoms with Crippen LogP contribution in [0.3, 0.4) is 0 Å². The molecule has 36 heavy (non-hydrogen) atoms. The number of aromatic hydroxyl groups is 1. The standard InChI is InChI=1S/C20H23NO2.C10H13NO2/c1-14(10-18-8-6-5-7-9-18)12-23-19-11-15(2)20(21-13-22)17(4)16(19)3;1-6-4-9(13)7(2)8(3)10(6)11-5-12/h5-11,13H,12H2,1-4H3,(H,21,22);4-5,13H,1-3H3,(H,11,12). The third-order valence-electron chi connectivity index (χ3n) is 6.19. The molecule has 0 fully saturated rings. The number of rotatable bonds is 8. The first-order valence-corrected chi connectivity index (χ1v) is 11.8. The van der Waals surface area contributed by atoms with Crippen LogP contribution in [0.15, 0.2) is 48.0 Å². The summed E-state index contributed by atoms with van der Waals surface area (Å²) in [5.74, 6) is 1.13. The third kappa shape index (κ3) is 7.22. The Bertz CT molecular complexity index is 1250. The second kappa shape index (κ2) is 13.1. The maximum absolute atomic E-state index is 10.7. The number of hydrogen-bond donors (Lipinski definition) is 3. The smallest absolute Gasteiger partial charge is 0.211 e. The molecule has 0 unspecified atom stereocenters. The maximum atomic E-state index is 10.7. The zero-order valence-corrected chi connectivity index (χ0v) is 22.2. The van der Waals surface area contributed by atoms with Crippen LogP contribution >= 0.6 is 0 Å². The van der Waals surface area contributed by atoms with Gasteiger partial charge in [-0.3, -0.25) is 9.59 Å². The molecule has 3 rings (SSSR count). The fraction of sp³-hybridized carbons (Fsp3) is 0.267. The predicted octanol–water partition coefficient (Wildman–Crippen LogP) is 6.55. The highest BCUT2D eigenvalue weighted by atomic mass is 16.5.